The summed E-state index contributed by atoms with van der Waals surface area (Å²) in [5, 5.41) is 2.99. The monoisotopic (exact) mass is 485 g/mol. The quantitative estimate of drug-likeness (QED) is 0.407. The molecule has 9 heteroatoms. The third-order valence-corrected chi connectivity index (χ3v) is 7.05. The standard InChI is InChI=1S/C25H31N3O5S/c1-4-28(5-2)24(20-8-6-9-21(16-20)32-3)18-26-25(29)19-11-13-23(14-12-19)34(30,31)27-17-22-10-7-15-33-22/h6-16,24,27H,4-5,17-18H2,1-3H3,(H,26,29). The first-order valence-electron chi connectivity index (χ1n) is 11.2. The molecule has 2 N–H and O–H groups in total. The molecule has 0 aliphatic carbocycles. The van der Waals surface area contributed by atoms with Crippen LogP contribution in [-0.4, -0.2) is 46.0 Å². The van der Waals surface area contributed by atoms with Crippen molar-refractivity contribution < 1.29 is 22.4 Å². The predicted octanol–water partition coefficient (Wildman–Crippen LogP) is 3.58. The summed E-state index contributed by atoms with van der Waals surface area (Å²) in [4.78, 5) is 15.1. The van der Waals surface area contributed by atoms with Crippen LogP contribution in [0.3, 0.4) is 0 Å². The van der Waals surface area contributed by atoms with Crippen molar-refractivity contribution in [2.24, 2.45) is 0 Å². The van der Waals surface area contributed by atoms with Gasteiger partial charge in [0, 0.05) is 12.1 Å². The molecule has 1 atom stereocenters. The van der Waals surface area contributed by atoms with Gasteiger partial charge in [-0.3, -0.25) is 9.69 Å². The van der Waals surface area contributed by atoms with Gasteiger partial charge in [-0.25, -0.2) is 13.1 Å². The maximum atomic E-state index is 12.8. The largest absolute Gasteiger partial charge is 0.497 e. The van der Waals surface area contributed by atoms with Crippen LogP contribution in [0.15, 0.2) is 76.2 Å². The second kappa shape index (κ2) is 11.8. The van der Waals surface area contributed by atoms with E-state index in [1.54, 1.807) is 19.2 Å². The Balaban J connectivity index is 1.67. The van der Waals surface area contributed by atoms with Crippen molar-refractivity contribution in [3.05, 3.63) is 83.8 Å². The summed E-state index contributed by atoms with van der Waals surface area (Å²) < 4.78 is 38.0. The lowest BCUT2D eigenvalue weighted by atomic mass is 10.0. The molecule has 2 aromatic carbocycles. The number of benzene rings is 2. The second-order valence-electron chi connectivity index (χ2n) is 7.65. The van der Waals surface area contributed by atoms with Gasteiger partial charge in [-0.15, -0.1) is 0 Å². The van der Waals surface area contributed by atoms with Gasteiger partial charge in [0.2, 0.25) is 10.0 Å². The molecule has 0 spiro atoms. The van der Waals surface area contributed by atoms with Crippen LogP contribution in [0.25, 0.3) is 0 Å². The highest BCUT2D eigenvalue weighted by molar-refractivity contribution is 7.89. The number of hydrogen-bond donors (Lipinski definition) is 2. The van der Waals surface area contributed by atoms with E-state index in [1.165, 1.54) is 30.5 Å². The maximum absolute atomic E-state index is 12.8. The number of ether oxygens (including phenoxy) is 1. The zero-order valence-corrected chi connectivity index (χ0v) is 20.5. The molecule has 8 nitrogen and oxygen atoms in total. The van der Waals surface area contributed by atoms with E-state index in [1.807, 2.05) is 24.3 Å². The van der Waals surface area contributed by atoms with Gasteiger partial charge in [0.25, 0.3) is 5.91 Å². The summed E-state index contributed by atoms with van der Waals surface area (Å²) in [5.74, 6) is 1.00. The molecular weight excluding hydrogens is 454 g/mol. The SMILES string of the molecule is CCN(CC)C(CNC(=O)c1ccc(S(=O)(=O)NCc2ccco2)cc1)c1cccc(OC)c1. The van der Waals surface area contributed by atoms with Crippen LogP contribution in [0.1, 0.15) is 41.6 Å². The van der Waals surface area contributed by atoms with Crippen molar-refractivity contribution in [3.63, 3.8) is 0 Å². The van der Waals surface area contributed by atoms with Gasteiger partial charge in [0.15, 0.2) is 0 Å². The minimum atomic E-state index is -3.73. The van der Waals surface area contributed by atoms with Crippen molar-refractivity contribution in [1.82, 2.24) is 14.9 Å². The van der Waals surface area contributed by atoms with E-state index in [-0.39, 0.29) is 23.4 Å². The molecule has 0 aliphatic rings. The highest BCUT2D eigenvalue weighted by atomic mass is 32.2. The number of hydrogen-bond acceptors (Lipinski definition) is 6. The molecule has 182 valence electrons. The Morgan fingerprint density at radius 1 is 1.06 bits per heavy atom. The number of carbonyl (C=O) groups is 1. The van der Waals surface area contributed by atoms with Crippen molar-refractivity contribution in [2.45, 2.75) is 31.3 Å². The Morgan fingerprint density at radius 2 is 1.79 bits per heavy atom. The number of nitrogens with zero attached hydrogens (tertiary/aromatic N) is 1. The minimum absolute atomic E-state index is 0.0282. The van der Waals surface area contributed by atoms with Gasteiger partial charge in [-0.2, -0.15) is 0 Å². The number of likely N-dealkylation sites (N-methyl/N-ethyl adjacent to an activating group) is 1. The molecule has 1 amide bonds. The smallest absolute Gasteiger partial charge is 0.251 e. The normalized spacial score (nSPS) is 12.5. The number of methoxy groups -OCH3 is 1. The van der Waals surface area contributed by atoms with Gasteiger partial charge in [0.05, 0.1) is 30.9 Å². The zero-order valence-electron chi connectivity index (χ0n) is 19.7. The van der Waals surface area contributed by atoms with Crippen molar-refractivity contribution >= 4 is 15.9 Å². The minimum Gasteiger partial charge on any atom is -0.497 e. The van der Waals surface area contributed by atoms with Crippen molar-refractivity contribution in [3.8, 4) is 5.75 Å². The molecule has 34 heavy (non-hydrogen) atoms. The van der Waals surface area contributed by atoms with E-state index in [2.05, 4.69) is 28.8 Å². The van der Waals surface area contributed by atoms with Crippen LogP contribution in [0.5, 0.6) is 5.75 Å². The fourth-order valence-electron chi connectivity index (χ4n) is 3.71. The Kier molecular flexibility index (Phi) is 8.86. The van der Waals surface area contributed by atoms with E-state index in [9.17, 15) is 13.2 Å². The van der Waals surface area contributed by atoms with Gasteiger partial charge in [-0.05, 0) is 67.2 Å². The summed E-state index contributed by atoms with van der Waals surface area (Å²) >= 11 is 0. The number of furan rings is 1. The van der Waals surface area contributed by atoms with E-state index >= 15 is 0 Å². The van der Waals surface area contributed by atoms with Gasteiger partial charge in [0.1, 0.15) is 11.5 Å². The summed E-state index contributed by atoms with van der Waals surface area (Å²) in [6.45, 7) is 6.26. The first kappa shape index (κ1) is 25.5. The fraction of sp³-hybridized carbons (Fsp3) is 0.320. The second-order valence-corrected chi connectivity index (χ2v) is 9.42. The molecule has 0 radical (unpaired) electrons. The Bertz CT molecular complexity index is 1160. The molecule has 1 aromatic heterocycles. The average Bonchev–Trinajstić information content (AvgIpc) is 3.39. The van der Waals surface area contributed by atoms with Gasteiger partial charge < -0.3 is 14.5 Å². The predicted molar refractivity (Wildman–Crippen MR) is 130 cm³/mol. The summed E-state index contributed by atoms with van der Waals surface area (Å²) in [6, 6.07) is 17.0. The van der Waals surface area contributed by atoms with Crippen LogP contribution < -0.4 is 14.8 Å². The molecule has 0 saturated carbocycles. The molecule has 1 unspecified atom stereocenters. The lowest BCUT2D eigenvalue weighted by Gasteiger charge is -2.30. The molecule has 3 rings (SSSR count). The van der Waals surface area contributed by atoms with Crippen LogP contribution in [-0.2, 0) is 16.6 Å². The Labute approximate surface area is 201 Å². The molecule has 0 aliphatic heterocycles. The molecule has 1 heterocycles. The lowest BCUT2D eigenvalue weighted by Crippen LogP contribution is -2.38. The molecule has 0 fully saturated rings. The number of carbonyl (C=O) groups excluding carboxylic acids is 1. The molecule has 0 saturated heterocycles. The third kappa shape index (κ3) is 6.47. The number of amides is 1. The summed E-state index contributed by atoms with van der Waals surface area (Å²) in [6.07, 6.45) is 1.48. The van der Waals surface area contributed by atoms with E-state index in [0.717, 1.165) is 24.4 Å². The first-order valence-corrected chi connectivity index (χ1v) is 12.6. The van der Waals surface area contributed by atoms with E-state index in [4.69, 9.17) is 9.15 Å². The summed E-state index contributed by atoms with van der Waals surface area (Å²) in [7, 11) is -2.10. The van der Waals surface area contributed by atoms with Crippen LogP contribution in [0.2, 0.25) is 0 Å². The fourth-order valence-corrected chi connectivity index (χ4v) is 4.70. The molecule has 3 aromatic rings. The first-order chi connectivity index (χ1) is 16.4. The van der Waals surface area contributed by atoms with Crippen LogP contribution in [0, 0.1) is 0 Å². The van der Waals surface area contributed by atoms with Crippen LogP contribution >= 0.6 is 0 Å². The zero-order chi connectivity index (χ0) is 24.6. The Hall–Kier alpha value is -3.14. The topological polar surface area (TPSA) is 101 Å². The summed E-state index contributed by atoms with van der Waals surface area (Å²) in [5.41, 5.74) is 1.43. The number of sulfonamides is 1. The highest BCUT2D eigenvalue weighted by Gasteiger charge is 2.20. The molecular formula is C25H31N3O5S. The van der Waals surface area contributed by atoms with Gasteiger partial charge >= 0.3 is 0 Å². The highest BCUT2D eigenvalue weighted by Crippen LogP contribution is 2.24. The van der Waals surface area contributed by atoms with Crippen LogP contribution in [0.4, 0.5) is 0 Å². The van der Waals surface area contributed by atoms with E-state index < -0.39 is 10.0 Å². The average molecular weight is 486 g/mol. The number of nitrogens with one attached hydrogen (secondary N) is 2. The van der Waals surface area contributed by atoms with Gasteiger partial charge in [-0.1, -0.05) is 26.0 Å². The number of rotatable bonds is 12. The maximum Gasteiger partial charge on any atom is 0.251 e. The Morgan fingerprint density at radius 3 is 2.41 bits per heavy atom. The van der Waals surface area contributed by atoms with Crippen molar-refractivity contribution in [1.29, 1.82) is 0 Å². The third-order valence-electron chi connectivity index (χ3n) is 5.63. The van der Waals surface area contributed by atoms with Crippen molar-refractivity contribution in [2.75, 3.05) is 26.7 Å². The molecule has 0 bridgehead atoms. The lowest BCUT2D eigenvalue weighted by molar-refractivity contribution is 0.0935. The van der Waals surface area contributed by atoms with E-state index in [0.29, 0.717) is 17.9 Å².